The summed E-state index contributed by atoms with van der Waals surface area (Å²) in [4.78, 5) is 0. The lowest BCUT2D eigenvalue weighted by Gasteiger charge is -2.10. The van der Waals surface area contributed by atoms with Gasteiger partial charge < -0.3 is 4.55 Å². The summed E-state index contributed by atoms with van der Waals surface area (Å²) in [5.41, 5.74) is 0. The maximum Gasteiger partial charge on any atom is 0.172 e. The Morgan fingerprint density at radius 3 is 2.18 bits per heavy atom. The van der Waals surface area contributed by atoms with Crippen molar-refractivity contribution < 1.29 is 21.4 Å². The van der Waals surface area contributed by atoms with Gasteiger partial charge in [-0.05, 0) is 0 Å². The van der Waals surface area contributed by atoms with Gasteiger partial charge >= 0.3 is 0 Å². The summed E-state index contributed by atoms with van der Waals surface area (Å²) in [6.45, 7) is 0. The second kappa shape index (κ2) is 2.29. The highest BCUT2D eigenvalue weighted by Crippen LogP contribution is 2.13. The molecular formula is C4H5O5S2-. The van der Waals surface area contributed by atoms with Crippen molar-refractivity contribution in [2.45, 2.75) is 5.25 Å². The van der Waals surface area contributed by atoms with Crippen LogP contribution < -0.4 is 0 Å². The number of hydrogen-bond donors (Lipinski definition) is 0. The van der Waals surface area contributed by atoms with Crippen molar-refractivity contribution in [3.8, 4) is 0 Å². The van der Waals surface area contributed by atoms with Gasteiger partial charge in [0, 0.05) is 5.41 Å². The maximum atomic E-state index is 10.6. The van der Waals surface area contributed by atoms with Crippen molar-refractivity contribution in [2.75, 3.05) is 5.75 Å². The van der Waals surface area contributed by atoms with Crippen molar-refractivity contribution in [1.29, 1.82) is 0 Å². The van der Waals surface area contributed by atoms with Crippen LogP contribution in [0.15, 0.2) is 11.5 Å². The van der Waals surface area contributed by atoms with Gasteiger partial charge in [0.1, 0.15) is 10.1 Å². The molecule has 0 fully saturated rings. The van der Waals surface area contributed by atoms with Crippen molar-refractivity contribution in [1.82, 2.24) is 0 Å². The third kappa shape index (κ3) is 2.01. The number of hydrogen-bond acceptors (Lipinski definition) is 5. The first kappa shape index (κ1) is 8.69. The van der Waals surface area contributed by atoms with Crippen LogP contribution >= 0.6 is 0 Å². The summed E-state index contributed by atoms with van der Waals surface area (Å²) >= 11 is 0. The molecule has 0 aliphatic carbocycles. The minimum absolute atomic E-state index is 0.612. The second-order valence-electron chi connectivity index (χ2n) is 2.19. The van der Waals surface area contributed by atoms with Gasteiger partial charge in [-0.15, -0.1) is 0 Å². The summed E-state index contributed by atoms with van der Waals surface area (Å²) in [5.74, 6) is -0.612. The summed E-state index contributed by atoms with van der Waals surface area (Å²) < 4.78 is 51.9. The minimum Gasteiger partial charge on any atom is -0.747 e. The Kier molecular flexibility index (Phi) is 1.81. The molecule has 1 aliphatic heterocycles. The highest BCUT2D eigenvalue weighted by Gasteiger charge is 2.26. The lowest BCUT2D eigenvalue weighted by molar-refractivity contribution is 0.458. The highest BCUT2D eigenvalue weighted by molar-refractivity contribution is 7.96. The SMILES string of the molecule is O=S1(=O)C=C[C@@H](S(=O)(=O)[O-])C1. The van der Waals surface area contributed by atoms with Gasteiger partial charge in [-0.1, -0.05) is 6.08 Å². The van der Waals surface area contributed by atoms with Gasteiger partial charge in [0.05, 0.1) is 11.0 Å². The van der Waals surface area contributed by atoms with E-state index in [9.17, 15) is 21.4 Å². The largest absolute Gasteiger partial charge is 0.747 e. The predicted octanol–water partition coefficient (Wildman–Crippen LogP) is -1.16. The van der Waals surface area contributed by atoms with E-state index in [1.165, 1.54) is 0 Å². The molecule has 1 rings (SSSR count). The normalized spacial score (nSPS) is 29.0. The van der Waals surface area contributed by atoms with Gasteiger partial charge in [0.15, 0.2) is 9.84 Å². The van der Waals surface area contributed by atoms with Crippen LogP contribution in [-0.2, 0) is 20.0 Å². The molecule has 0 spiro atoms. The van der Waals surface area contributed by atoms with E-state index in [0.29, 0.717) is 0 Å². The molecule has 0 aromatic heterocycles. The average Bonchev–Trinajstić information content (AvgIpc) is 2.07. The molecule has 0 radical (unpaired) electrons. The average molecular weight is 197 g/mol. The first-order valence-corrected chi connectivity index (χ1v) is 5.86. The zero-order chi connectivity index (χ0) is 8.70. The Morgan fingerprint density at radius 2 is 2.00 bits per heavy atom. The molecule has 1 aliphatic rings. The summed E-state index contributed by atoms with van der Waals surface area (Å²) in [5, 5.41) is -0.639. The van der Waals surface area contributed by atoms with Crippen LogP contribution in [0.2, 0.25) is 0 Å². The quantitative estimate of drug-likeness (QED) is 0.494. The van der Waals surface area contributed by atoms with Crippen LogP contribution in [0.5, 0.6) is 0 Å². The van der Waals surface area contributed by atoms with E-state index in [1.54, 1.807) is 0 Å². The molecule has 0 saturated heterocycles. The molecule has 0 N–H and O–H groups in total. The molecule has 0 unspecified atom stereocenters. The van der Waals surface area contributed by atoms with Gasteiger partial charge in [0.25, 0.3) is 0 Å². The summed E-state index contributed by atoms with van der Waals surface area (Å²) in [6, 6.07) is 0. The van der Waals surface area contributed by atoms with Crippen LogP contribution in [0.3, 0.4) is 0 Å². The Morgan fingerprint density at radius 1 is 1.45 bits per heavy atom. The fourth-order valence-electron chi connectivity index (χ4n) is 0.727. The third-order valence-corrected chi connectivity index (χ3v) is 3.94. The monoisotopic (exact) mass is 197 g/mol. The van der Waals surface area contributed by atoms with E-state index in [4.69, 9.17) is 0 Å². The molecule has 7 heteroatoms. The van der Waals surface area contributed by atoms with E-state index >= 15 is 0 Å². The molecule has 11 heavy (non-hydrogen) atoms. The molecule has 0 bridgehead atoms. The van der Waals surface area contributed by atoms with Crippen LogP contribution in [-0.4, -0.2) is 32.4 Å². The Hall–Kier alpha value is -0.400. The standard InChI is InChI=1S/C4H6O5S2/c5-10(6)2-1-4(3-10)11(7,8)9/h1-2,4H,3H2,(H,7,8,9)/p-1/t4-/m1/s1. The van der Waals surface area contributed by atoms with Crippen LogP contribution in [0.1, 0.15) is 0 Å². The Balaban J connectivity index is 2.99. The topological polar surface area (TPSA) is 91.3 Å². The van der Waals surface area contributed by atoms with E-state index in [2.05, 4.69) is 0 Å². The van der Waals surface area contributed by atoms with Crippen LogP contribution in [0.4, 0.5) is 0 Å². The van der Waals surface area contributed by atoms with E-state index in [1.807, 2.05) is 0 Å². The molecule has 0 aromatic rings. The lowest BCUT2D eigenvalue weighted by atomic mass is 10.5. The summed E-state index contributed by atoms with van der Waals surface area (Å²) in [7, 11) is -7.93. The van der Waals surface area contributed by atoms with Crippen LogP contribution in [0, 0.1) is 0 Å². The first-order valence-electron chi connectivity index (χ1n) is 2.67. The van der Waals surface area contributed by atoms with Gasteiger partial charge in [-0.25, -0.2) is 16.8 Å². The van der Waals surface area contributed by atoms with Crippen molar-refractivity contribution >= 4 is 20.0 Å². The van der Waals surface area contributed by atoms with Gasteiger partial charge in [-0.3, -0.25) is 0 Å². The predicted molar refractivity (Wildman–Crippen MR) is 36.4 cm³/mol. The number of rotatable bonds is 1. The zero-order valence-corrected chi connectivity index (χ0v) is 6.93. The molecule has 1 atom stereocenters. The summed E-state index contributed by atoms with van der Waals surface area (Å²) in [6.07, 6.45) is 0.900. The molecule has 5 nitrogen and oxygen atoms in total. The smallest absolute Gasteiger partial charge is 0.172 e. The third-order valence-electron chi connectivity index (χ3n) is 1.27. The molecule has 1 heterocycles. The van der Waals surface area contributed by atoms with E-state index in [-0.39, 0.29) is 0 Å². The second-order valence-corrected chi connectivity index (χ2v) is 5.71. The highest BCUT2D eigenvalue weighted by atomic mass is 32.2. The molecular weight excluding hydrogens is 192 g/mol. The molecule has 0 aromatic carbocycles. The lowest BCUT2D eigenvalue weighted by Crippen LogP contribution is -2.21. The maximum absolute atomic E-state index is 10.6. The minimum atomic E-state index is -4.49. The fraction of sp³-hybridized carbons (Fsp3) is 0.500. The van der Waals surface area contributed by atoms with E-state index < -0.39 is 31.0 Å². The van der Waals surface area contributed by atoms with Gasteiger partial charge in [-0.2, -0.15) is 0 Å². The van der Waals surface area contributed by atoms with Crippen molar-refractivity contribution in [3.05, 3.63) is 11.5 Å². The van der Waals surface area contributed by atoms with Crippen molar-refractivity contribution in [3.63, 3.8) is 0 Å². The number of sulfone groups is 1. The van der Waals surface area contributed by atoms with Crippen LogP contribution in [0.25, 0.3) is 0 Å². The zero-order valence-electron chi connectivity index (χ0n) is 5.30. The molecule has 64 valence electrons. The first-order chi connectivity index (χ1) is 4.81. The fourth-order valence-corrected chi connectivity index (χ4v) is 3.44. The molecule has 0 saturated carbocycles. The Bertz CT molecular complexity index is 373. The molecule has 0 amide bonds. The van der Waals surface area contributed by atoms with Crippen molar-refractivity contribution in [2.24, 2.45) is 0 Å². The van der Waals surface area contributed by atoms with E-state index in [0.717, 1.165) is 11.5 Å². The van der Waals surface area contributed by atoms with Gasteiger partial charge in [0.2, 0.25) is 0 Å². The Labute approximate surface area is 64.4 Å².